The molecule has 0 spiro atoms. The Morgan fingerprint density at radius 3 is 1.42 bits per heavy atom. The number of benzene rings is 1. The fourth-order valence-corrected chi connectivity index (χ4v) is 4.78. The highest BCUT2D eigenvalue weighted by Gasteiger charge is 2.27. The molecule has 1 aromatic rings. The van der Waals surface area contributed by atoms with Crippen molar-refractivity contribution in [2.24, 2.45) is 0 Å². The molecule has 1 rings (SSSR count). The molecule has 190 valence electrons. The molecule has 0 aliphatic rings. The van der Waals surface area contributed by atoms with E-state index in [1.54, 1.807) is 0 Å². The lowest BCUT2D eigenvalue weighted by molar-refractivity contribution is 0.0746. The fraction of sp³-hybridized carbons (Fsp3) is 0.750. The van der Waals surface area contributed by atoms with Gasteiger partial charge in [0.1, 0.15) is 17.4 Å². The molecular weight excluding hydrogens is 436 g/mol. The van der Waals surface area contributed by atoms with Crippen molar-refractivity contribution in [2.45, 2.75) is 136 Å². The molecule has 0 radical (unpaired) electrons. The number of carbonyl (C=O) groups excluding carboxylic acids is 1. The van der Waals surface area contributed by atoms with Crippen LogP contribution in [0.5, 0.6) is 11.5 Å². The third kappa shape index (κ3) is 10.2. The molecule has 5 heteroatoms. The van der Waals surface area contributed by atoms with Gasteiger partial charge in [-0.3, -0.25) is 0 Å². The molecule has 0 aromatic heterocycles. The van der Waals surface area contributed by atoms with Crippen molar-refractivity contribution in [3.63, 3.8) is 0 Å². The van der Waals surface area contributed by atoms with E-state index in [0.29, 0.717) is 12.8 Å². The van der Waals surface area contributed by atoms with Crippen molar-refractivity contribution in [2.75, 3.05) is 0 Å². The zero-order chi connectivity index (χ0) is 24.5. The monoisotopic (exact) mass is 482 g/mol. The highest BCUT2D eigenvalue weighted by Crippen LogP contribution is 2.41. The van der Waals surface area contributed by atoms with Gasteiger partial charge in [0.25, 0.3) is 0 Å². The third-order valence-electron chi connectivity index (χ3n) is 6.64. The minimum Gasteiger partial charge on any atom is -0.504 e. The molecule has 4 nitrogen and oxygen atoms in total. The van der Waals surface area contributed by atoms with Crippen LogP contribution in [0.15, 0.2) is 0 Å². The summed E-state index contributed by atoms with van der Waals surface area (Å²) in [6.07, 6.45) is 19.1. The number of hydrogen-bond acceptors (Lipinski definition) is 4. The van der Waals surface area contributed by atoms with Crippen LogP contribution in [-0.2, 0) is 23.6 Å². The van der Waals surface area contributed by atoms with Crippen molar-refractivity contribution in [1.82, 2.24) is 0 Å². The van der Waals surface area contributed by atoms with Gasteiger partial charge >= 0.3 is 5.97 Å². The van der Waals surface area contributed by atoms with Crippen LogP contribution in [0.25, 0.3) is 0 Å². The Morgan fingerprint density at radius 2 is 1.00 bits per heavy atom. The highest BCUT2D eigenvalue weighted by atomic mass is 35.5. The number of phenolic OH excluding ortho intramolecular Hbond substituents is 2. The van der Waals surface area contributed by atoms with E-state index in [1.165, 1.54) is 51.4 Å². The second kappa shape index (κ2) is 18.0. The number of carbonyl (C=O) groups is 1. The molecule has 0 heterocycles. The molecular formula is C28H47ClO4. The van der Waals surface area contributed by atoms with Gasteiger partial charge in [-0.2, -0.15) is 0 Å². The van der Waals surface area contributed by atoms with Crippen molar-refractivity contribution in [3.05, 3.63) is 22.3 Å². The topological polar surface area (TPSA) is 66.8 Å². The van der Waals surface area contributed by atoms with Gasteiger partial charge in [-0.1, -0.05) is 97.8 Å². The summed E-state index contributed by atoms with van der Waals surface area (Å²) in [4.78, 5) is 12.5. The summed E-state index contributed by atoms with van der Waals surface area (Å²) >= 11 is 5.43. The third-order valence-corrected chi connectivity index (χ3v) is 6.78. The first-order valence-electron chi connectivity index (χ1n) is 13.4. The van der Waals surface area contributed by atoms with E-state index in [2.05, 4.69) is 25.1 Å². The number of aromatic hydroxyl groups is 2. The van der Waals surface area contributed by atoms with Crippen molar-refractivity contribution >= 4 is 17.8 Å². The van der Waals surface area contributed by atoms with Gasteiger partial charge in [0, 0.05) is 5.56 Å². The van der Waals surface area contributed by atoms with Crippen molar-refractivity contribution < 1.29 is 19.3 Å². The Balaban J connectivity index is 3.26. The van der Waals surface area contributed by atoms with Gasteiger partial charge in [-0.05, 0) is 49.7 Å². The Labute approximate surface area is 207 Å². The average Bonchev–Trinajstić information content (AvgIpc) is 2.82. The number of rotatable bonds is 19. The predicted octanol–water partition coefficient (Wildman–Crippen LogP) is 8.95. The number of hydrogen-bond donors (Lipinski definition) is 2. The Bertz CT molecular complexity index is 687. The molecule has 0 saturated heterocycles. The first kappa shape index (κ1) is 29.6. The standard InChI is InChI=1S/C28H47ClO4/c1-4-7-10-13-16-19-22-23(20-17-14-11-8-5-2)25(28(32)33-29)27(31)26(30)24(22)21-18-15-12-9-6-3/h30-31H,4-21H2,1-3H3. The van der Waals surface area contributed by atoms with E-state index >= 15 is 0 Å². The van der Waals surface area contributed by atoms with E-state index in [1.807, 2.05) is 0 Å². The summed E-state index contributed by atoms with van der Waals surface area (Å²) in [7, 11) is 0. The number of halogens is 1. The second-order valence-electron chi connectivity index (χ2n) is 9.37. The van der Waals surface area contributed by atoms with Gasteiger partial charge in [-0.15, -0.1) is 0 Å². The average molecular weight is 483 g/mol. The molecule has 2 N–H and O–H groups in total. The minimum absolute atomic E-state index is 0.0521. The molecule has 0 amide bonds. The van der Waals surface area contributed by atoms with E-state index in [4.69, 9.17) is 11.9 Å². The molecule has 0 aliphatic carbocycles. The Morgan fingerprint density at radius 1 is 0.606 bits per heavy atom. The van der Waals surface area contributed by atoms with Crippen LogP contribution >= 0.6 is 11.9 Å². The lowest BCUT2D eigenvalue weighted by atomic mass is 9.85. The maximum Gasteiger partial charge on any atom is 0.360 e. The summed E-state index contributed by atoms with van der Waals surface area (Å²) in [6.45, 7) is 6.59. The SMILES string of the molecule is CCCCCCCc1c(O)c(O)c(C(=O)OCl)c(CCCCCCC)c1CCCCCCC. The van der Waals surface area contributed by atoms with E-state index < -0.39 is 5.97 Å². The Kier molecular flexibility index (Phi) is 16.1. The van der Waals surface area contributed by atoms with Gasteiger partial charge < -0.3 is 14.5 Å². The van der Waals surface area contributed by atoms with Gasteiger partial charge in [0.2, 0.25) is 0 Å². The molecule has 1 aromatic carbocycles. The quantitative estimate of drug-likeness (QED) is 0.152. The highest BCUT2D eigenvalue weighted by molar-refractivity contribution is 6.16. The Hall–Kier alpha value is -1.42. The molecule has 33 heavy (non-hydrogen) atoms. The largest absolute Gasteiger partial charge is 0.504 e. The summed E-state index contributed by atoms with van der Waals surface area (Å²) in [5.41, 5.74) is 2.72. The van der Waals surface area contributed by atoms with E-state index in [-0.39, 0.29) is 17.1 Å². The summed E-state index contributed by atoms with van der Waals surface area (Å²) < 4.78 is 4.50. The molecule has 0 aliphatic heterocycles. The zero-order valence-electron chi connectivity index (χ0n) is 21.3. The zero-order valence-corrected chi connectivity index (χ0v) is 22.1. The van der Waals surface area contributed by atoms with Crippen LogP contribution in [0.3, 0.4) is 0 Å². The normalized spacial score (nSPS) is 11.2. The molecule has 0 unspecified atom stereocenters. The summed E-state index contributed by atoms with van der Waals surface area (Å²) in [5, 5.41) is 21.7. The maximum atomic E-state index is 12.5. The summed E-state index contributed by atoms with van der Waals surface area (Å²) in [6, 6.07) is 0. The van der Waals surface area contributed by atoms with Crippen molar-refractivity contribution in [1.29, 1.82) is 0 Å². The van der Waals surface area contributed by atoms with Gasteiger partial charge in [0.15, 0.2) is 11.5 Å². The summed E-state index contributed by atoms with van der Waals surface area (Å²) in [5.74, 6) is -1.32. The lowest BCUT2D eigenvalue weighted by Gasteiger charge is -2.21. The first-order valence-corrected chi connectivity index (χ1v) is 13.8. The van der Waals surface area contributed by atoms with Crippen LogP contribution < -0.4 is 0 Å². The number of phenols is 2. The maximum absolute atomic E-state index is 12.5. The lowest BCUT2D eigenvalue weighted by Crippen LogP contribution is -2.12. The van der Waals surface area contributed by atoms with E-state index in [0.717, 1.165) is 68.1 Å². The second-order valence-corrected chi connectivity index (χ2v) is 9.52. The molecule has 0 atom stereocenters. The first-order chi connectivity index (χ1) is 16.0. The van der Waals surface area contributed by atoms with Crippen LogP contribution in [0.2, 0.25) is 0 Å². The van der Waals surface area contributed by atoms with Crippen LogP contribution in [0.1, 0.15) is 144 Å². The van der Waals surface area contributed by atoms with Crippen LogP contribution in [-0.4, -0.2) is 16.2 Å². The van der Waals surface area contributed by atoms with Gasteiger partial charge in [-0.25, -0.2) is 4.79 Å². The van der Waals surface area contributed by atoms with Crippen LogP contribution in [0.4, 0.5) is 0 Å². The fourth-order valence-electron chi connectivity index (χ4n) is 4.70. The van der Waals surface area contributed by atoms with Gasteiger partial charge in [0.05, 0.1) is 0 Å². The van der Waals surface area contributed by atoms with Crippen molar-refractivity contribution in [3.8, 4) is 11.5 Å². The molecule has 0 bridgehead atoms. The molecule has 0 saturated carbocycles. The predicted molar refractivity (Wildman–Crippen MR) is 138 cm³/mol. The molecule has 0 fully saturated rings. The minimum atomic E-state index is -0.783. The van der Waals surface area contributed by atoms with Crippen LogP contribution in [0, 0.1) is 0 Å². The van der Waals surface area contributed by atoms with E-state index in [9.17, 15) is 15.0 Å². The smallest absolute Gasteiger partial charge is 0.360 e. The number of unbranched alkanes of at least 4 members (excludes halogenated alkanes) is 12.